The summed E-state index contributed by atoms with van der Waals surface area (Å²) in [6, 6.07) is 7.70. The van der Waals surface area contributed by atoms with Gasteiger partial charge in [0.2, 0.25) is 0 Å². The lowest BCUT2D eigenvalue weighted by molar-refractivity contribution is 0.252. The van der Waals surface area contributed by atoms with Crippen molar-refractivity contribution < 1.29 is 8.78 Å². The van der Waals surface area contributed by atoms with Gasteiger partial charge in [-0.3, -0.25) is 0 Å². The number of halogens is 2. The molecule has 1 aromatic rings. The first kappa shape index (κ1) is 16.3. The van der Waals surface area contributed by atoms with Crippen molar-refractivity contribution in [2.24, 2.45) is 5.92 Å². The molecular formula is C15H23F2NS. The minimum atomic E-state index is -2.35. The van der Waals surface area contributed by atoms with E-state index in [-0.39, 0.29) is 0 Å². The Morgan fingerprint density at radius 2 is 1.74 bits per heavy atom. The zero-order valence-corrected chi connectivity index (χ0v) is 12.6. The van der Waals surface area contributed by atoms with Crippen LogP contribution in [0.4, 0.5) is 14.5 Å². The molecule has 19 heavy (non-hydrogen) atoms. The van der Waals surface area contributed by atoms with Gasteiger partial charge in [0.1, 0.15) is 0 Å². The highest BCUT2D eigenvalue weighted by atomic mass is 32.2. The van der Waals surface area contributed by atoms with Crippen LogP contribution in [0.5, 0.6) is 0 Å². The number of anilines is 1. The van der Waals surface area contributed by atoms with Gasteiger partial charge in [0, 0.05) is 16.6 Å². The molecule has 0 saturated carbocycles. The number of rotatable bonds is 8. The Labute approximate surface area is 119 Å². The Hall–Kier alpha value is -0.770. The van der Waals surface area contributed by atoms with Gasteiger partial charge in [-0.25, -0.2) is 0 Å². The maximum absolute atomic E-state index is 12.2. The van der Waals surface area contributed by atoms with Gasteiger partial charge in [0.15, 0.2) is 0 Å². The second-order valence-corrected chi connectivity index (χ2v) is 5.96. The summed E-state index contributed by atoms with van der Waals surface area (Å²) in [4.78, 5) is 0.607. The second kappa shape index (κ2) is 8.41. The summed E-state index contributed by atoms with van der Waals surface area (Å²) < 4.78 is 24.4. The van der Waals surface area contributed by atoms with Gasteiger partial charge in [-0.05, 0) is 43.0 Å². The fourth-order valence-electron chi connectivity index (χ4n) is 1.95. The van der Waals surface area contributed by atoms with Crippen molar-refractivity contribution in [1.82, 2.24) is 0 Å². The van der Waals surface area contributed by atoms with Crippen LogP contribution in [-0.2, 0) is 0 Å². The summed E-state index contributed by atoms with van der Waals surface area (Å²) in [5, 5.41) is 3.48. The molecule has 0 saturated heterocycles. The summed E-state index contributed by atoms with van der Waals surface area (Å²) >= 11 is 0.585. The highest BCUT2D eigenvalue weighted by Crippen LogP contribution is 2.26. The molecule has 0 radical (unpaired) electrons. The number of hydrogen-bond donors (Lipinski definition) is 1. The molecule has 0 spiro atoms. The average molecular weight is 287 g/mol. The molecule has 1 nitrogen and oxygen atoms in total. The quantitative estimate of drug-likeness (QED) is 0.622. The Bertz CT molecular complexity index is 354. The Balaban J connectivity index is 2.55. The summed E-state index contributed by atoms with van der Waals surface area (Å²) in [7, 11) is 0. The lowest BCUT2D eigenvalue weighted by Crippen LogP contribution is -2.21. The van der Waals surface area contributed by atoms with E-state index >= 15 is 0 Å². The summed E-state index contributed by atoms with van der Waals surface area (Å²) in [6.07, 6.45) is 3.39. The van der Waals surface area contributed by atoms with Crippen LogP contribution in [0, 0.1) is 5.92 Å². The third kappa shape index (κ3) is 6.28. The molecule has 0 fully saturated rings. The largest absolute Gasteiger partial charge is 0.382 e. The van der Waals surface area contributed by atoms with E-state index in [0.29, 0.717) is 28.6 Å². The number of hydrogen-bond acceptors (Lipinski definition) is 2. The first-order valence-electron chi connectivity index (χ1n) is 6.86. The van der Waals surface area contributed by atoms with E-state index < -0.39 is 5.76 Å². The SMILES string of the molecule is CCC(C)CC(CC)Nc1ccc(SC(F)F)cc1. The van der Waals surface area contributed by atoms with Gasteiger partial charge in [0.05, 0.1) is 0 Å². The summed E-state index contributed by atoms with van der Waals surface area (Å²) in [5.41, 5.74) is 1.01. The van der Waals surface area contributed by atoms with Crippen LogP contribution < -0.4 is 5.32 Å². The van der Waals surface area contributed by atoms with Crippen LogP contribution in [-0.4, -0.2) is 11.8 Å². The molecule has 1 aromatic carbocycles. The highest BCUT2D eigenvalue weighted by molar-refractivity contribution is 7.99. The third-order valence-corrected chi connectivity index (χ3v) is 4.05. The van der Waals surface area contributed by atoms with Crippen molar-refractivity contribution in [2.45, 2.75) is 56.7 Å². The normalized spacial score (nSPS) is 14.4. The zero-order valence-electron chi connectivity index (χ0n) is 11.8. The molecule has 0 amide bonds. The van der Waals surface area contributed by atoms with Crippen LogP contribution in [0.3, 0.4) is 0 Å². The van der Waals surface area contributed by atoms with E-state index in [0.717, 1.165) is 18.5 Å². The number of thioether (sulfide) groups is 1. The predicted octanol–water partition coefficient (Wildman–Crippen LogP) is 5.63. The number of benzene rings is 1. The fourth-order valence-corrected chi connectivity index (χ4v) is 2.45. The molecule has 2 unspecified atom stereocenters. The van der Waals surface area contributed by atoms with Gasteiger partial charge >= 0.3 is 0 Å². The Morgan fingerprint density at radius 3 is 2.21 bits per heavy atom. The molecule has 0 aromatic heterocycles. The maximum Gasteiger partial charge on any atom is 0.288 e. The summed E-state index contributed by atoms with van der Waals surface area (Å²) in [6.45, 7) is 6.63. The molecular weight excluding hydrogens is 264 g/mol. The third-order valence-electron chi connectivity index (χ3n) is 3.33. The van der Waals surface area contributed by atoms with Crippen molar-refractivity contribution in [3.63, 3.8) is 0 Å². The molecule has 0 bridgehead atoms. The Kier molecular flexibility index (Phi) is 7.21. The van der Waals surface area contributed by atoms with E-state index in [1.807, 2.05) is 12.1 Å². The van der Waals surface area contributed by atoms with E-state index in [4.69, 9.17) is 0 Å². The molecule has 4 heteroatoms. The lowest BCUT2D eigenvalue weighted by atomic mass is 9.97. The molecule has 1 rings (SSSR count). The van der Waals surface area contributed by atoms with Crippen LogP contribution in [0.2, 0.25) is 0 Å². The molecule has 0 aliphatic heterocycles. The molecule has 0 aliphatic rings. The van der Waals surface area contributed by atoms with Gasteiger partial charge in [0.25, 0.3) is 5.76 Å². The molecule has 0 heterocycles. The minimum Gasteiger partial charge on any atom is -0.382 e. The van der Waals surface area contributed by atoms with Crippen LogP contribution in [0.25, 0.3) is 0 Å². The van der Waals surface area contributed by atoms with Gasteiger partial charge in [-0.2, -0.15) is 8.78 Å². The molecule has 1 N–H and O–H groups in total. The maximum atomic E-state index is 12.2. The van der Waals surface area contributed by atoms with Crippen molar-refractivity contribution in [2.75, 3.05) is 5.32 Å². The van der Waals surface area contributed by atoms with Crippen LogP contribution in [0.1, 0.15) is 40.0 Å². The predicted molar refractivity (Wildman–Crippen MR) is 80.1 cm³/mol. The second-order valence-electron chi connectivity index (χ2n) is 4.90. The van der Waals surface area contributed by atoms with Gasteiger partial charge in [-0.15, -0.1) is 0 Å². The zero-order chi connectivity index (χ0) is 14.3. The van der Waals surface area contributed by atoms with Crippen molar-refractivity contribution in [3.8, 4) is 0 Å². The van der Waals surface area contributed by atoms with Crippen molar-refractivity contribution >= 4 is 17.4 Å². The average Bonchev–Trinajstić information content (AvgIpc) is 2.39. The van der Waals surface area contributed by atoms with E-state index in [9.17, 15) is 8.78 Å². The minimum absolute atomic E-state index is 0.448. The first-order valence-corrected chi connectivity index (χ1v) is 7.74. The van der Waals surface area contributed by atoms with E-state index in [1.54, 1.807) is 12.1 Å². The number of nitrogens with one attached hydrogen (secondary N) is 1. The smallest absolute Gasteiger partial charge is 0.288 e. The topological polar surface area (TPSA) is 12.0 Å². The monoisotopic (exact) mass is 287 g/mol. The van der Waals surface area contributed by atoms with Gasteiger partial charge in [-0.1, -0.05) is 39.0 Å². The molecule has 2 atom stereocenters. The molecule has 0 aliphatic carbocycles. The highest BCUT2D eigenvalue weighted by Gasteiger charge is 2.10. The van der Waals surface area contributed by atoms with E-state index in [2.05, 4.69) is 26.1 Å². The van der Waals surface area contributed by atoms with Crippen LogP contribution in [0.15, 0.2) is 29.2 Å². The van der Waals surface area contributed by atoms with E-state index in [1.165, 1.54) is 6.42 Å². The summed E-state index contributed by atoms with van der Waals surface area (Å²) in [5.74, 6) is -1.65. The Morgan fingerprint density at radius 1 is 1.11 bits per heavy atom. The first-order chi connectivity index (χ1) is 9.05. The van der Waals surface area contributed by atoms with Gasteiger partial charge < -0.3 is 5.32 Å². The lowest BCUT2D eigenvalue weighted by Gasteiger charge is -2.21. The van der Waals surface area contributed by atoms with Crippen LogP contribution >= 0.6 is 11.8 Å². The molecule has 108 valence electrons. The number of alkyl halides is 2. The standard InChI is InChI=1S/C15H23F2NS/c1-4-11(3)10-12(5-2)18-13-6-8-14(9-7-13)19-15(16)17/h6-9,11-12,15,18H,4-5,10H2,1-3H3. The van der Waals surface area contributed by atoms with Crippen molar-refractivity contribution in [3.05, 3.63) is 24.3 Å². The van der Waals surface area contributed by atoms with Crippen molar-refractivity contribution in [1.29, 1.82) is 0 Å². The fraction of sp³-hybridized carbons (Fsp3) is 0.600.